The second-order valence-corrected chi connectivity index (χ2v) is 5.26. The average molecular weight is 294 g/mol. The molecule has 0 aliphatic heterocycles. The Bertz CT molecular complexity index is 503. The van der Waals surface area contributed by atoms with Gasteiger partial charge in [0.15, 0.2) is 0 Å². The van der Waals surface area contributed by atoms with Gasteiger partial charge in [-0.15, -0.1) is 0 Å². The van der Waals surface area contributed by atoms with E-state index in [-0.39, 0.29) is 28.7 Å². The van der Waals surface area contributed by atoms with Gasteiger partial charge in [0.25, 0.3) is 0 Å². The third-order valence-corrected chi connectivity index (χ3v) is 3.81. The van der Waals surface area contributed by atoms with Crippen molar-refractivity contribution >= 4 is 22.4 Å². The maximum Gasteiger partial charge on any atom is 0.416 e. The summed E-state index contributed by atoms with van der Waals surface area (Å²) < 4.78 is 49.1. The van der Waals surface area contributed by atoms with Crippen molar-refractivity contribution < 1.29 is 22.2 Å². The molecule has 19 heavy (non-hydrogen) atoms. The highest BCUT2D eigenvalue weighted by atomic mass is 32.2. The largest absolute Gasteiger partial charge is 0.416 e. The van der Waals surface area contributed by atoms with Crippen molar-refractivity contribution in [3.63, 3.8) is 0 Å². The first kappa shape index (κ1) is 15.5. The molecule has 0 saturated heterocycles. The van der Waals surface area contributed by atoms with Crippen LogP contribution in [0.15, 0.2) is 23.1 Å². The predicted octanol–water partition coefficient (Wildman–Crippen LogP) is 1.53. The molecule has 1 rings (SSSR count). The minimum atomic E-state index is -4.49. The molecule has 0 spiro atoms. The van der Waals surface area contributed by atoms with Crippen LogP contribution in [0.3, 0.4) is 0 Å². The molecule has 106 valence electrons. The molecule has 0 bridgehead atoms. The molecule has 4 nitrogen and oxygen atoms in total. The Balaban J connectivity index is 2.85. The highest BCUT2D eigenvalue weighted by Crippen LogP contribution is 2.32. The van der Waals surface area contributed by atoms with Crippen molar-refractivity contribution in [1.29, 1.82) is 0 Å². The number of alkyl halides is 3. The zero-order valence-corrected chi connectivity index (χ0v) is 10.9. The summed E-state index contributed by atoms with van der Waals surface area (Å²) in [6, 6.07) is 2.65. The number of benzene rings is 1. The van der Waals surface area contributed by atoms with E-state index in [0.29, 0.717) is 0 Å². The average Bonchev–Trinajstić information content (AvgIpc) is 2.34. The van der Waals surface area contributed by atoms with Gasteiger partial charge >= 0.3 is 6.18 Å². The normalized spacial score (nSPS) is 13.1. The lowest BCUT2D eigenvalue weighted by atomic mass is 10.2. The summed E-state index contributed by atoms with van der Waals surface area (Å²) in [7, 11) is -0.163. The predicted molar refractivity (Wildman–Crippen MR) is 65.8 cm³/mol. The molecule has 1 aromatic carbocycles. The number of nitrogens with one attached hydrogen (secondary N) is 1. The fourth-order valence-corrected chi connectivity index (χ4v) is 2.48. The Hall–Kier alpha value is -1.57. The molecule has 1 atom stereocenters. The van der Waals surface area contributed by atoms with Crippen LogP contribution < -0.4 is 11.1 Å². The van der Waals surface area contributed by atoms with Crippen LogP contribution in [0.2, 0.25) is 0 Å². The van der Waals surface area contributed by atoms with Crippen LogP contribution in [0.5, 0.6) is 0 Å². The minimum Gasteiger partial charge on any atom is -0.398 e. The molecule has 0 radical (unpaired) electrons. The van der Waals surface area contributed by atoms with Gasteiger partial charge in [-0.3, -0.25) is 9.00 Å². The van der Waals surface area contributed by atoms with Crippen molar-refractivity contribution in [2.45, 2.75) is 17.5 Å². The van der Waals surface area contributed by atoms with Gasteiger partial charge in [0.2, 0.25) is 5.91 Å². The number of carbonyl (C=O) groups is 1. The molecule has 8 heteroatoms. The Labute approximate surface area is 110 Å². The van der Waals surface area contributed by atoms with E-state index >= 15 is 0 Å². The van der Waals surface area contributed by atoms with E-state index in [9.17, 15) is 22.2 Å². The summed E-state index contributed by atoms with van der Waals surface area (Å²) in [4.78, 5) is 11.1. The van der Waals surface area contributed by atoms with Crippen LogP contribution in [0, 0.1) is 0 Å². The van der Waals surface area contributed by atoms with Crippen molar-refractivity contribution in [3.05, 3.63) is 23.8 Å². The van der Waals surface area contributed by atoms with Crippen molar-refractivity contribution in [2.24, 2.45) is 0 Å². The number of amides is 1. The van der Waals surface area contributed by atoms with E-state index in [1.54, 1.807) is 0 Å². The molecule has 0 aliphatic rings. The van der Waals surface area contributed by atoms with Crippen LogP contribution >= 0.6 is 0 Å². The summed E-state index contributed by atoms with van der Waals surface area (Å²) >= 11 is 0. The van der Waals surface area contributed by atoms with Gasteiger partial charge in [-0.1, -0.05) is 0 Å². The molecule has 0 heterocycles. The number of hydrogen-bond acceptors (Lipinski definition) is 3. The third-order valence-electron chi connectivity index (χ3n) is 2.38. The number of nitrogen functional groups attached to an aromatic ring is 1. The van der Waals surface area contributed by atoms with Crippen molar-refractivity contribution in [3.8, 4) is 0 Å². The zero-order chi connectivity index (χ0) is 14.6. The van der Waals surface area contributed by atoms with Crippen LogP contribution in [0.1, 0.15) is 12.0 Å². The second kappa shape index (κ2) is 6.05. The molecule has 0 fully saturated rings. The standard InChI is InChI=1S/C11H13F3N2O2S/c1-16-10(17)4-5-19(18)9-3-2-7(6-8(9)15)11(12,13)14/h2-3,6H,4-5,15H2,1H3,(H,16,17). The van der Waals surface area contributed by atoms with E-state index in [0.717, 1.165) is 18.2 Å². The van der Waals surface area contributed by atoms with Crippen LogP contribution in [-0.2, 0) is 21.8 Å². The van der Waals surface area contributed by atoms with E-state index in [1.807, 2.05) is 0 Å². The quantitative estimate of drug-likeness (QED) is 0.827. The van der Waals surface area contributed by atoms with Gasteiger partial charge in [-0.25, -0.2) is 0 Å². The van der Waals surface area contributed by atoms with Crippen LogP contribution in [0.25, 0.3) is 0 Å². The van der Waals surface area contributed by atoms with Crippen molar-refractivity contribution in [2.75, 3.05) is 18.5 Å². The number of anilines is 1. The summed E-state index contributed by atoms with van der Waals surface area (Å²) in [5.41, 5.74) is 4.38. The maximum atomic E-state index is 12.4. The molecule has 1 unspecified atom stereocenters. The summed E-state index contributed by atoms with van der Waals surface area (Å²) in [5.74, 6) is -0.284. The van der Waals surface area contributed by atoms with Crippen molar-refractivity contribution in [1.82, 2.24) is 5.32 Å². The second-order valence-electron chi connectivity index (χ2n) is 3.72. The summed E-state index contributed by atoms with van der Waals surface area (Å²) in [6.07, 6.45) is -4.47. The third kappa shape index (κ3) is 4.23. The van der Waals surface area contributed by atoms with Gasteiger partial charge in [0, 0.05) is 24.9 Å². The molecule has 3 N–H and O–H groups in total. The van der Waals surface area contributed by atoms with Gasteiger partial charge in [-0.2, -0.15) is 13.2 Å². The molecule has 0 aliphatic carbocycles. The summed E-state index contributed by atoms with van der Waals surface area (Å²) in [6.45, 7) is 0. The minimum absolute atomic E-state index is 0.00916. The van der Waals surface area contributed by atoms with Crippen LogP contribution in [-0.4, -0.2) is 22.9 Å². The molecule has 0 aromatic heterocycles. The highest BCUT2D eigenvalue weighted by molar-refractivity contribution is 7.85. The van der Waals surface area contributed by atoms with E-state index in [2.05, 4.69) is 5.32 Å². The molecule has 1 aromatic rings. The SMILES string of the molecule is CNC(=O)CCS(=O)c1ccc(C(F)(F)F)cc1N. The van der Waals surface area contributed by atoms with Gasteiger partial charge in [0.1, 0.15) is 0 Å². The monoisotopic (exact) mass is 294 g/mol. The maximum absolute atomic E-state index is 12.4. The Morgan fingerprint density at radius 2 is 2.05 bits per heavy atom. The smallest absolute Gasteiger partial charge is 0.398 e. The molecule has 1 amide bonds. The molecule has 0 saturated carbocycles. The lowest BCUT2D eigenvalue weighted by Gasteiger charge is -2.10. The number of hydrogen-bond donors (Lipinski definition) is 2. The summed E-state index contributed by atoms with van der Waals surface area (Å²) in [5, 5.41) is 2.36. The first-order valence-electron chi connectivity index (χ1n) is 5.31. The fraction of sp³-hybridized carbons (Fsp3) is 0.364. The van der Waals surface area contributed by atoms with Gasteiger partial charge in [0.05, 0.1) is 21.3 Å². The number of halogens is 3. The zero-order valence-electron chi connectivity index (χ0n) is 10.1. The lowest BCUT2D eigenvalue weighted by Crippen LogP contribution is -2.20. The van der Waals surface area contributed by atoms with Gasteiger partial charge in [-0.05, 0) is 18.2 Å². The highest BCUT2D eigenvalue weighted by Gasteiger charge is 2.31. The number of rotatable bonds is 4. The topological polar surface area (TPSA) is 72.2 Å². The Kier molecular flexibility index (Phi) is 4.93. The number of nitrogens with two attached hydrogens (primary N) is 1. The first-order valence-corrected chi connectivity index (χ1v) is 6.63. The van der Waals surface area contributed by atoms with E-state index < -0.39 is 22.5 Å². The fourth-order valence-electron chi connectivity index (χ4n) is 1.35. The number of carbonyl (C=O) groups excluding carboxylic acids is 1. The molecular formula is C11H13F3N2O2S. The Morgan fingerprint density at radius 1 is 1.42 bits per heavy atom. The lowest BCUT2D eigenvalue weighted by molar-refractivity contribution is -0.137. The molecular weight excluding hydrogens is 281 g/mol. The first-order chi connectivity index (χ1) is 8.75. The van der Waals surface area contributed by atoms with Crippen LogP contribution in [0.4, 0.5) is 18.9 Å². The van der Waals surface area contributed by atoms with E-state index in [4.69, 9.17) is 5.73 Å². The van der Waals surface area contributed by atoms with E-state index in [1.165, 1.54) is 7.05 Å². The Morgan fingerprint density at radius 3 is 2.53 bits per heavy atom. The van der Waals surface area contributed by atoms with Gasteiger partial charge < -0.3 is 11.1 Å².